The van der Waals surface area contributed by atoms with Crippen molar-refractivity contribution in [3.05, 3.63) is 32.8 Å². The van der Waals surface area contributed by atoms with E-state index in [4.69, 9.17) is 0 Å². The van der Waals surface area contributed by atoms with Gasteiger partial charge in [0.15, 0.2) is 5.01 Å². The number of alkyl halides is 3. The van der Waals surface area contributed by atoms with Crippen LogP contribution in [0.25, 0.3) is 10.2 Å². The Morgan fingerprint density at radius 3 is 2.55 bits per heavy atom. The molecule has 0 unspecified atom stereocenters. The van der Waals surface area contributed by atoms with Crippen molar-refractivity contribution in [2.45, 2.75) is 25.1 Å². The minimum atomic E-state index is -4.82. The zero-order valence-corrected chi connectivity index (χ0v) is 15.5. The van der Waals surface area contributed by atoms with Gasteiger partial charge in [0.05, 0.1) is 22.6 Å². The van der Waals surface area contributed by atoms with Crippen molar-refractivity contribution in [3.63, 3.8) is 0 Å². The van der Waals surface area contributed by atoms with Gasteiger partial charge in [-0.2, -0.15) is 13.2 Å². The van der Waals surface area contributed by atoms with Crippen molar-refractivity contribution in [3.8, 4) is 0 Å². The standard InChI is InChI=1S/C16H15F3N4O5S/c17-16(18,19)8-5-9-12(11(6-8)23(27)28)29-14(21-9)13(25)20-10(7-24)15(26)22-3-1-2-4-22/h5-6,10,24H,1-4,7H2,(H,20,25)/t10-/m0/s1. The highest BCUT2D eigenvalue weighted by Crippen LogP contribution is 2.38. The van der Waals surface area contributed by atoms with Gasteiger partial charge in [-0.15, -0.1) is 11.3 Å². The maximum Gasteiger partial charge on any atom is 0.416 e. The molecule has 2 heterocycles. The second-order valence-corrected chi connectivity index (χ2v) is 7.36. The van der Waals surface area contributed by atoms with Crippen molar-refractivity contribution < 1.29 is 32.8 Å². The van der Waals surface area contributed by atoms with E-state index < -0.39 is 46.8 Å². The third kappa shape index (κ3) is 4.29. The summed E-state index contributed by atoms with van der Waals surface area (Å²) in [6, 6.07) is -0.238. The largest absolute Gasteiger partial charge is 0.416 e. The van der Waals surface area contributed by atoms with Crippen molar-refractivity contribution in [1.82, 2.24) is 15.2 Å². The quantitative estimate of drug-likeness (QED) is 0.549. The summed E-state index contributed by atoms with van der Waals surface area (Å²) < 4.78 is 38.8. The number of halogens is 3. The van der Waals surface area contributed by atoms with Crippen LogP contribution in [0, 0.1) is 10.1 Å². The molecule has 1 fully saturated rings. The van der Waals surface area contributed by atoms with Gasteiger partial charge in [0, 0.05) is 19.2 Å². The van der Waals surface area contributed by atoms with Gasteiger partial charge in [0.25, 0.3) is 11.6 Å². The monoisotopic (exact) mass is 432 g/mol. The lowest BCUT2D eigenvalue weighted by atomic mass is 10.2. The predicted octanol–water partition coefficient (Wildman–Crippen LogP) is 1.94. The molecule has 2 N–H and O–H groups in total. The van der Waals surface area contributed by atoms with Crippen LogP contribution in [0.5, 0.6) is 0 Å². The summed E-state index contributed by atoms with van der Waals surface area (Å²) in [7, 11) is 0. The molecule has 0 radical (unpaired) electrons. The molecule has 2 amide bonds. The SMILES string of the molecule is O=C(N[C@@H](CO)C(=O)N1CCCC1)c1nc2cc(C(F)(F)F)cc([N+](=O)[O-])c2s1. The van der Waals surface area contributed by atoms with Crippen LogP contribution in [-0.2, 0) is 11.0 Å². The maximum absolute atomic E-state index is 13.0. The smallest absolute Gasteiger partial charge is 0.394 e. The van der Waals surface area contributed by atoms with Crippen molar-refractivity contribution in [2.75, 3.05) is 19.7 Å². The zero-order valence-electron chi connectivity index (χ0n) is 14.7. The number of carbonyl (C=O) groups excluding carboxylic acids is 2. The number of nitrogens with one attached hydrogen (secondary N) is 1. The molecule has 1 atom stereocenters. The number of carbonyl (C=O) groups is 2. The van der Waals surface area contributed by atoms with Crippen LogP contribution < -0.4 is 5.32 Å². The van der Waals surface area contributed by atoms with Crippen LogP contribution in [0.15, 0.2) is 12.1 Å². The molecule has 0 spiro atoms. The normalized spacial score (nSPS) is 15.5. The van der Waals surface area contributed by atoms with E-state index in [0.717, 1.165) is 12.8 Å². The number of rotatable bonds is 5. The van der Waals surface area contributed by atoms with Gasteiger partial charge in [-0.3, -0.25) is 19.7 Å². The molecule has 1 saturated heterocycles. The number of aromatic nitrogens is 1. The number of fused-ring (bicyclic) bond motifs is 1. The number of nitro benzene ring substituents is 1. The number of hydrogen-bond acceptors (Lipinski definition) is 7. The number of amides is 2. The van der Waals surface area contributed by atoms with E-state index in [2.05, 4.69) is 10.3 Å². The lowest BCUT2D eigenvalue weighted by molar-refractivity contribution is -0.383. The van der Waals surface area contributed by atoms with Crippen LogP contribution in [0.2, 0.25) is 0 Å². The summed E-state index contributed by atoms with van der Waals surface area (Å²) in [5, 5.41) is 22.5. The van der Waals surface area contributed by atoms with E-state index in [0.29, 0.717) is 36.6 Å². The highest BCUT2D eigenvalue weighted by Gasteiger charge is 2.35. The summed E-state index contributed by atoms with van der Waals surface area (Å²) in [6.07, 6.45) is -3.21. The Balaban J connectivity index is 1.90. The molecule has 0 bridgehead atoms. The maximum atomic E-state index is 13.0. The van der Waals surface area contributed by atoms with Gasteiger partial charge in [-0.25, -0.2) is 4.98 Å². The molecular formula is C16H15F3N4O5S. The first-order valence-electron chi connectivity index (χ1n) is 8.48. The van der Waals surface area contributed by atoms with E-state index >= 15 is 0 Å². The molecule has 1 aliphatic heterocycles. The van der Waals surface area contributed by atoms with Crippen LogP contribution >= 0.6 is 11.3 Å². The van der Waals surface area contributed by atoms with E-state index in [-0.39, 0.29) is 15.2 Å². The molecule has 1 aliphatic rings. The Bertz CT molecular complexity index is 971. The van der Waals surface area contributed by atoms with Gasteiger partial charge in [0.1, 0.15) is 10.7 Å². The fourth-order valence-corrected chi connectivity index (χ4v) is 3.91. The molecule has 1 aromatic carbocycles. The van der Waals surface area contributed by atoms with Crippen LogP contribution in [0.4, 0.5) is 18.9 Å². The Hall–Kier alpha value is -2.80. The van der Waals surface area contributed by atoms with Gasteiger partial charge in [-0.05, 0) is 18.9 Å². The number of non-ortho nitro benzene ring substituents is 1. The average molecular weight is 432 g/mol. The molecule has 156 valence electrons. The van der Waals surface area contributed by atoms with Crippen LogP contribution in [0.3, 0.4) is 0 Å². The van der Waals surface area contributed by atoms with Crippen LogP contribution in [-0.4, -0.2) is 57.5 Å². The minimum Gasteiger partial charge on any atom is -0.394 e. The first-order valence-corrected chi connectivity index (χ1v) is 9.30. The third-order valence-corrected chi connectivity index (χ3v) is 5.48. The van der Waals surface area contributed by atoms with Crippen molar-refractivity contribution in [1.29, 1.82) is 0 Å². The molecule has 3 rings (SSSR count). The molecule has 0 saturated carbocycles. The second-order valence-electron chi connectivity index (χ2n) is 6.36. The first kappa shape index (κ1) is 20.9. The number of benzene rings is 1. The Morgan fingerprint density at radius 2 is 2.00 bits per heavy atom. The lowest BCUT2D eigenvalue weighted by Crippen LogP contribution is -2.49. The average Bonchev–Trinajstić information content (AvgIpc) is 3.32. The summed E-state index contributed by atoms with van der Waals surface area (Å²) >= 11 is 0.537. The van der Waals surface area contributed by atoms with Crippen LogP contribution in [0.1, 0.15) is 28.2 Å². The van der Waals surface area contributed by atoms with Crippen molar-refractivity contribution in [2.24, 2.45) is 0 Å². The number of nitro groups is 1. The number of nitrogens with zero attached hydrogens (tertiary/aromatic N) is 3. The molecule has 29 heavy (non-hydrogen) atoms. The van der Waals surface area contributed by atoms with E-state index in [1.54, 1.807) is 0 Å². The van der Waals surface area contributed by atoms with Gasteiger partial charge in [-0.1, -0.05) is 0 Å². The summed E-state index contributed by atoms with van der Waals surface area (Å²) in [4.78, 5) is 40.2. The Morgan fingerprint density at radius 1 is 1.34 bits per heavy atom. The first-order chi connectivity index (χ1) is 13.6. The lowest BCUT2D eigenvalue weighted by Gasteiger charge is -2.22. The zero-order chi connectivity index (χ0) is 21.3. The highest BCUT2D eigenvalue weighted by molar-refractivity contribution is 7.20. The number of aliphatic hydroxyl groups excluding tert-OH is 1. The highest BCUT2D eigenvalue weighted by atomic mass is 32.1. The van der Waals surface area contributed by atoms with Gasteiger partial charge < -0.3 is 15.3 Å². The van der Waals surface area contributed by atoms with E-state index in [1.165, 1.54) is 4.90 Å². The number of hydrogen-bond donors (Lipinski definition) is 2. The number of aliphatic hydroxyl groups is 1. The molecule has 2 aromatic rings. The summed E-state index contributed by atoms with van der Waals surface area (Å²) in [5.41, 5.74) is -2.43. The number of thiazole rings is 1. The summed E-state index contributed by atoms with van der Waals surface area (Å²) in [6.45, 7) is 0.321. The second kappa shape index (κ2) is 7.91. The minimum absolute atomic E-state index is 0.195. The Labute approximate surface area is 165 Å². The van der Waals surface area contributed by atoms with Crippen molar-refractivity contribution >= 4 is 39.1 Å². The fraction of sp³-hybridized carbons (Fsp3) is 0.438. The Kier molecular flexibility index (Phi) is 5.71. The van der Waals surface area contributed by atoms with E-state index in [9.17, 15) is 38.0 Å². The van der Waals surface area contributed by atoms with Gasteiger partial charge in [0.2, 0.25) is 5.91 Å². The van der Waals surface area contributed by atoms with Gasteiger partial charge >= 0.3 is 6.18 Å². The molecule has 1 aromatic heterocycles. The molecule has 0 aliphatic carbocycles. The fourth-order valence-electron chi connectivity index (χ4n) is 2.97. The third-order valence-electron chi connectivity index (χ3n) is 4.39. The number of likely N-dealkylation sites (tertiary alicyclic amines) is 1. The summed E-state index contributed by atoms with van der Waals surface area (Å²) in [5.74, 6) is -1.40. The predicted molar refractivity (Wildman–Crippen MR) is 95.4 cm³/mol. The van der Waals surface area contributed by atoms with E-state index in [1.807, 2.05) is 0 Å². The topological polar surface area (TPSA) is 126 Å². The molecule has 9 nitrogen and oxygen atoms in total. The molecular weight excluding hydrogens is 417 g/mol. The molecule has 13 heteroatoms.